The Hall–Kier alpha value is -2.69. The summed E-state index contributed by atoms with van der Waals surface area (Å²) in [5.41, 5.74) is 0.356. The van der Waals surface area contributed by atoms with Gasteiger partial charge in [0.2, 0.25) is 11.1 Å². The number of aromatic carboxylic acids is 1. The minimum Gasteiger partial charge on any atom is -0.478 e. The molecule has 0 unspecified atom stereocenters. The lowest BCUT2D eigenvalue weighted by molar-refractivity contribution is 0.0697. The molecule has 2 aromatic heterocycles. The Morgan fingerprint density at radius 3 is 2.83 bits per heavy atom. The highest BCUT2D eigenvalue weighted by Crippen LogP contribution is 2.17. The van der Waals surface area contributed by atoms with Crippen LogP contribution in [0.25, 0.3) is 22.1 Å². The SMILES string of the molecule is O=C(O)c1ccc2oc3ncccc3c(=O)c2c1. The molecule has 3 rings (SSSR count). The van der Waals surface area contributed by atoms with E-state index in [1.165, 1.54) is 24.4 Å². The summed E-state index contributed by atoms with van der Waals surface area (Å²) in [7, 11) is 0. The van der Waals surface area contributed by atoms with E-state index in [0.29, 0.717) is 11.0 Å². The maximum atomic E-state index is 12.2. The third-order valence-corrected chi connectivity index (χ3v) is 2.69. The standard InChI is InChI=1S/C13H7NO4/c15-11-8-2-1-5-14-12(8)18-10-4-3-7(13(16)17)6-9(10)11/h1-6H,(H,16,17). The zero-order valence-corrected chi connectivity index (χ0v) is 9.08. The molecule has 0 aliphatic heterocycles. The highest BCUT2D eigenvalue weighted by Gasteiger charge is 2.10. The number of carboxylic acids is 1. The fraction of sp³-hybridized carbons (Fsp3) is 0. The molecule has 2 heterocycles. The van der Waals surface area contributed by atoms with Gasteiger partial charge in [0.25, 0.3) is 0 Å². The van der Waals surface area contributed by atoms with E-state index >= 15 is 0 Å². The number of aromatic nitrogens is 1. The molecular formula is C13H7NO4. The van der Waals surface area contributed by atoms with Crippen LogP contribution in [0.3, 0.4) is 0 Å². The molecule has 0 saturated heterocycles. The fourth-order valence-corrected chi connectivity index (χ4v) is 1.82. The molecule has 0 bridgehead atoms. The second-order valence-electron chi connectivity index (χ2n) is 3.80. The van der Waals surface area contributed by atoms with Gasteiger partial charge in [-0.1, -0.05) is 0 Å². The van der Waals surface area contributed by atoms with Crippen molar-refractivity contribution in [3.63, 3.8) is 0 Å². The molecule has 0 amide bonds. The molecule has 0 radical (unpaired) electrons. The average molecular weight is 241 g/mol. The lowest BCUT2D eigenvalue weighted by Crippen LogP contribution is -2.05. The Labute approximate surface area is 100 Å². The minimum absolute atomic E-state index is 0.0537. The van der Waals surface area contributed by atoms with Crippen LogP contribution in [0.5, 0.6) is 0 Å². The van der Waals surface area contributed by atoms with Crippen molar-refractivity contribution in [2.75, 3.05) is 0 Å². The van der Waals surface area contributed by atoms with Gasteiger partial charge in [-0.3, -0.25) is 4.79 Å². The van der Waals surface area contributed by atoms with E-state index in [4.69, 9.17) is 9.52 Å². The van der Waals surface area contributed by atoms with Crippen molar-refractivity contribution >= 4 is 28.0 Å². The van der Waals surface area contributed by atoms with Gasteiger partial charge < -0.3 is 9.52 Å². The van der Waals surface area contributed by atoms with Gasteiger partial charge in [0.1, 0.15) is 5.58 Å². The van der Waals surface area contributed by atoms with Crippen molar-refractivity contribution < 1.29 is 14.3 Å². The van der Waals surface area contributed by atoms with Gasteiger partial charge in [-0.2, -0.15) is 0 Å². The summed E-state index contributed by atoms with van der Waals surface area (Å²) in [6.45, 7) is 0. The second-order valence-corrected chi connectivity index (χ2v) is 3.80. The molecule has 0 fully saturated rings. The second kappa shape index (κ2) is 3.66. The van der Waals surface area contributed by atoms with Crippen molar-refractivity contribution in [3.8, 4) is 0 Å². The van der Waals surface area contributed by atoms with Crippen LogP contribution in [-0.2, 0) is 0 Å². The van der Waals surface area contributed by atoms with E-state index in [0.717, 1.165) is 0 Å². The van der Waals surface area contributed by atoms with Gasteiger partial charge in [0.05, 0.1) is 16.3 Å². The first-order valence-electron chi connectivity index (χ1n) is 5.22. The first kappa shape index (κ1) is 10.5. The van der Waals surface area contributed by atoms with Crippen molar-refractivity contribution in [3.05, 3.63) is 52.3 Å². The molecule has 0 atom stereocenters. The summed E-state index contributed by atoms with van der Waals surface area (Å²) < 4.78 is 5.46. The van der Waals surface area contributed by atoms with Crippen LogP contribution < -0.4 is 5.43 Å². The summed E-state index contributed by atoms with van der Waals surface area (Å²) in [5.74, 6) is -1.08. The maximum absolute atomic E-state index is 12.2. The topological polar surface area (TPSA) is 80.4 Å². The van der Waals surface area contributed by atoms with E-state index < -0.39 is 5.97 Å². The molecule has 1 aromatic carbocycles. The number of hydrogen-bond donors (Lipinski definition) is 1. The Bertz CT molecular complexity index is 835. The monoisotopic (exact) mass is 241 g/mol. The molecule has 0 saturated carbocycles. The van der Waals surface area contributed by atoms with Crippen molar-refractivity contribution in [1.82, 2.24) is 4.98 Å². The Balaban J connectivity index is 2.49. The van der Waals surface area contributed by atoms with Gasteiger partial charge in [-0.25, -0.2) is 9.78 Å². The smallest absolute Gasteiger partial charge is 0.335 e. The normalized spacial score (nSPS) is 10.9. The summed E-state index contributed by atoms with van der Waals surface area (Å²) >= 11 is 0. The summed E-state index contributed by atoms with van der Waals surface area (Å²) in [6.07, 6.45) is 1.53. The Morgan fingerprint density at radius 1 is 1.22 bits per heavy atom. The van der Waals surface area contributed by atoms with Gasteiger partial charge >= 0.3 is 5.97 Å². The molecule has 3 aromatic rings. The number of hydrogen-bond acceptors (Lipinski definition) is 4. The first-order valence-corrected chi connectivity index (χ1v) is 5.22. The summed E-state index contributed by atoms with van der Waals surface area (Å²) in [4.78, 5) is 27.0. The van der Waals surface area contributed by atoms with Crippen LogP contribution in [0.15, 0.2) is 45.7 Å². The minimum atomic E-state index is -1.08. The van der Waals surface area contributed by atoms with E-state index in [2.05, 4.69) is 4.98 Å². The molecule has 0 aliphatic rings. The highest BCUT2D eigenvalue weighted by molar-refractivity contribution is 5.95. The quantitative estimate of drug-likeness (QED) is 0.659. The lowest BCUT2D eigenvalue weighted by Gasteiger charge is -2.01. The van der Waals surface area contributed by atoms with E-state index in [9.17, 15) is 9.59 Å². The third kappa shape index (κ3) is 1.45. The van der Waals surface area contributed by atoms with E-state index in [-0.39, 0.29) is 22.1 Å². The first-order chi connectivity index (χ1) is 8.66. The largest absolute Gasteiger partial charge is 0.478 e. The molecule has 0 spiro atoms. The lowest BCUT2D eigenvalue weighted by atomic mass is 10.1. The number of rotatable bonds is 1. The van der Waals surface area contributed by atoms with Gasteiger partial charge in [-0.05, 0) is 30.3 Å². The van der Waals surface area contributed by atoms with Gasteiger partial charge in [0, 0.05) is 6.20 Å². The molecular weight excluding hydrogens is 234 g/mol. The van der Waals surface area contributed by atoms with Crippen molar-refractivity contribution in [1.29, 1.82) is 0 Å². The number of carboxylic acid groups (broad SMARTS) is 1. The number of benzene rings is 1. The Morgan fingerprint density at radius 2 is 2.06 bits per heavy atom. The van der Waals surface area contributed by atoms with Gasteiger partial charge in [-0.15, -0.1) is 0 Å². The molecule has 5 nitrogen and oxygen atoms in total. The fourth-order valence-electron chi connectivity index (χ4n) is 1.82. The summed E-state index contributed by atoms with van der Waals surface area (Å²) in [5, 5.41) is 9.49. The summed E-state index contributed by atoms with van der Waals surface area (Å²) in [6, 6.07) is 7.40. The molecule has 0 aliphatic carbocycles. The van der Waals surface area contributed by atoms with Crippen molar-refractivity contribution in [2.24, 2.45) is 0 Å². The Kier molecular flexibility index (Phi) is 2.13. The van der Waals surface area contributed by atoms with E-state index in [1.54, 1.807) is 12.1 Å². The maximum Gasteiger partial charge on any atom is 0.335 e. The number of nitrogens with zero attached hydrogens (tertiary/aromatic N) is 1. The number of carbonyl (C=O) groups is 1. The number of fused-ring (bicyclic) bond motifs is 2. The van der Waals surface area contributed by atoms with E-state index in [1.807, 2.05) is 0 Å². The van der Waals surface area contributed by atoms with Crippen molar-refractivity contribution in [2.45, 2.75) is 0 Å². The van der Waals surface area contributed by atoms with Crippen LogP contribution in [-0.4, -0.2) is 16.1 Å². The van der Waals surface area contributed by atoms with Crippen LogP contribution in [0.2, 0.25) is 0 Å². The predicted molar refractivity (Wildman–Crippen MR) is 64.7 cm³/mol. The zero-order valence-electron chi connectivity index (χ0n) is 9.08. The van der Waals surface area contributed by atoms with Crippen LogP contribution >= 0.6 is 0 Å². The molecule has 88 valence electrons. The van der Waals surface area contributed by atoms with Crippen LogP contribution in [0.4, 0.5) is 0 Å². The van der Waals surface area contributed by atoms with Crippen LogP contribution in [0, 0.1) is 0 Å². The molecule has 5 heteroatoms. The highest BCUT2D eigenvalue weighted by atomic mass is 16.4. The number of pyridine rings is 1. The van der Waals surface area contributed by atoms with Gasteiger partial charge in [0.15, 0.2) is 0 Å². The zero-order chi connectivity index (χ0) is 12.7. The van der Waals surface area contributed by atoms with Crippen LogP contribution in [0.1, 0.15) is 10.4 Å². The predicted octanol–water partition coefficient (Wildman–Crippen LogP) is 2.04. The average Bonchev–Trinajstić information content (AvgIpc) is 2.38. The molecule has 1 N–H and O–H groups in total. The third-order valence-electron chi connectivity index (χ3n) is 2.69. The molecule has 18 heavy (non-hydrogen) atoms.